The average molecular weight is 277 g/mol. The fourth-order valence-corrected chi connectivity index (χ4v) is 3.64. The van der Waals surface area contributed by atoms with Crippen LogP contribution in [0.4, 0.5) is 4.39 Å². The second-order valence-electron chi connectivity index (χ2n) is 5.95. The molecule has 108 valence electrons. The number of amidine groups is 1. The van der Waals surface area contributed by atoms with Crippen molar-refractivity contribution in [3.63, 3.8) is 0 Å². The van der Waals surface area contributed by atoms with Gasteiger partial charge in [-0.05, 0) is 37.2 Å². The van der Waals surface area contributed by atoms with Crippen LogP contribution in [0.25, 0.3) is 0 Å². The predicted octanol–water partition coefficient (Wildman–Crippen LogP) is 2.20. The Kier molecular flexibility index (Phi) is 3.61. The number of hydrogen-bond acceptors (Lipinski definition) is 3. The number of oxime groups is 1. The van der Waals surface area contributed by atoms with Crippen LogP contribution in [0.2, 0.25) is 0 Å². The van der Waals surface area contributed by atoms with Crippen molar-refractivity contribution in [3.8, 4) is 0 Å². The smallest absolute Gasteiger partial charge is 0.170 e. The third kappa shape index (κ3) is 2.50. The van der Waals surface area contributed by atoms with Gasteiger partial charge in [0.25, 0.3) is 0 Å². The maximum absolute atomic E-state index is 14.0. The van der Waals surface area contributed by atoms with Gasteiger partial charge in [-0.1, -0.05) is 23.7 Å². The van der Waals surface area contributed by atoms with Crippen molar-refractivity contribution in [2.45, 2.75) is 38.3 Å². The van der Waals surface area contributed by atoms with E-state index in [9.17, 15) is 4.39 Å². The van der Waals surface area contributed by atoms with E-state index in [-0.39, 0.29) is 11.7 Å². The van der Waals surface area contributed by atoms with E-state index in [1.807, 2.05) is 0 Å². The van der Waals surface area contributed by atoms with Gasteiger partial charge in [0.1, 0.15) is 5.82 Å². The summed E-state index contributed by atoms with van der Waals surface area (Å²) in [6, 6.07) is 5.23. The molecule has 4 N–H and O–H groups in total. The molecule has 0 heterocycles. The third-order valence-electron chi connectivity index (χ3n) is 4.75. The number of nitrogens with two attached hydrogens (primary N) is 1. The highest BCUT2D eigenvalue weighted by molar-refractivity contribution is 5.97. The summed E-state index contributed by atoms with van der Waals surface area (Å²) in [6.07, 6.45) is 5.25. The maximum atomic E-state index is 14.0. The number of fused-ring (bicyclic) bond motifs is 2. The van der Waals surface area contributed by atoms with Crippen molar-refractivity contribution in [1.82, 2.24) is 5.32 Å². The van der Waals surface area contributed by atoms with Crippen molar-refractivity contribution in [3.05, 3.63) is 35.1 Å². The number of hydrogen-bond donors (Lipinski definition) is 3. The summed E-state index contributed by atoms with van der Waals surface area (Å²) in [4.78, 5) is 0. The summed E-state index contributed by atoms with van der Waals surface area (Å²) < 4.78 is 14.0. The summed E-state index contributed by atoms with van der Waals surface area (Å²) in [6.45, 7) is 0.538. The summed E-state index contributed by atoms with van der Waals surface area (Å²) >= 11 is 0. The van der Waals surface area contributed by atoms with Crippen molar-refractivity contribution in [2.75, 3.05) is 0 Å². The van der Waals surface area contributed by atoms with Crippen LogP contribution in [0.3, 0.4) is 0 Å². The molecule has 0 saturated heterocycles. The van der Waals surface area contributed by atoms with Crippen LogP contribution in [0.5, 0.6) is 0 Å². The highest BCUT2D eigenvalue weighted by Gasteiger charge is 2.39. The van der Waals surface area contributed by atoms with E-state index in [0.717, 1.165) is 11.8 Å². The Hall–Kier alpha value is -1.62. The van der Waals surface area contributed by atoms with E-state index in [1.165, 1.54) is 31.7 Å². The molecule has 2 saturated carbocycles. The topological polar surface area (TPSA) is 70.6 Å². The number of nitrogens with zero attached hydrogens (tertiary/aromatic N) is 1. The van der Waals surface area contributed by atoms with Crippen LogP contribution in [-0.4, -0.2) is 17.1 Å². The Morgan fingerprint density at radius 2 is 2.25 bits per heavy atom. The Morgan fingerprint density at radius 1 is 1.40 bits per heavy atom. The Bertz CT molecular complexity index is 532. The highest BCUT2D eigenvalue weighted by Crippen LogP contribution is 2.44. The molecule has 2 bridgehead atoms. The van der Waals surface area contributed by atoms with Crippen molar-refractivity contribution < 1.29 is 9.60 Å². The Morgan fingerprint density at radius 3 is 2.85 bits per heavy atom. The highest BCUT2D eigenvalue weighted by atomic mass is 19.1. The van der Waals surface area contributed by atoms with Gasteiger partial charge in [0, 0.05) is 23.7 Å². The Labute approximate surface area is 117 Å². The van der Waals surface area contributed by atoms with Crippen LogP contribution in [0.1, 0.15) is 36.8 Å². The van der Waals surface area contributed by atoms with Crippen molar-refractivity contribution in [1.29, 1.82) is 0 Å². The lowest BCUT2D eigenvalue weighted by atomic mass is 9.95. The first kappa shape index (κ1) is 13.4. The molecule has 1 aromatic rings. The van der Waals surface area contributed by atoms with Gasteiger partial charge in [-0.15, -0.1) is 0 Å². The van der Waals surface area contributed by atoms with E-state index >= 15 is 0 Å². The summed E-state index contributed by atoms with van der Waals surface area (Å²) in [5.41, 5.74) is 6.47. The Balaban J connectivity index is 1.63. The molecule has 4 nitrogen and oxygen atoms in total. The molecule has 2 aliphatic carbocycles. The SMILES string of the molecule is NC(=NO)c1ccc(CNC2CC3CCC2C3)c(F)c1. The quantitative estimate of drug-likeness (QED) is 0.342. The molecule has 3 unspecified atom stereocenters. The molecule has 5 heteroatoms. The van der Waals surface area contributed by atoms with Crippen LogP contribution >= 0.6 is 0 Å². The van der Waals surface area contributed by atoms with E-state index in [2.05, 4.69) is 10.5 Å². The van der Waals surface area contributed by atoms with Gasteiger partial charge in [0.2, 0.25) is 0 Å². The van der Waals surface area contributed by atoms with Crippen LogP contribution < -0.4 is 11.1 Å². The fourth-order valence-electron chi connectivity index (χ4n) is 3.64. The van der Waals surface area contributed by atoms with Crippen molar-refractivity contribution >= 4 is 5.84 Å². The minimum atomic E-state index is -0.315. The summed E-state index contributed by atoms with van der Waals surface area (Å²) in [5.74, 6) is 1.27. The number of rotatable bonds is 4. The second-order valence-corrected chi connectivity index (χ2v) is 5.95. The lowest BCUT2D eigenvalue weighted by molar-refractivity contribution is 0.318. The molecule has 2 fully saturated rings. The molecule has 0 spiro atoms. The van der Waals surface area contributed by atoms with Gasteiger partial charge in [0.15, 0.2) is 5.84 Å². The van der Waals surface area contributed by atoms with Crippen LogP contribution in [-0.2, 0) is 6.54 Å². The van der Waals surface area contributed by atoms with Gasteiger partial charge in [0.05, 0.1) is 0 Å². The molecule has 2 aliphatic rings. The first-order valence-electron chi connectivity index (χ1n) is 7.17. The molecule has 3 rings (SSSR count). The summed E-state index contributed by atoms with van der Waals surface area (Å²) in [7, 11) is 0. The van der Waals surface area contributed by atoms with Crippen molar-refractivity contribution in [2.24, 2.45) is 22.7 Å². The van der Waals surface area contributed by atoms with Gasteiger partial charge in [-0.3, -0.25) is 0 Å². The molecular formula is C15H20FN3O. The third-order valence-corrected chi connectivity index (χ3v) is 4.75. The van der Waals surface area contributed by atoms with E-state index in [4.69, 9.17) is 10.9 Å². The summed E-state index contributed by atoms with van der Waals surface area (Å²) in [5, 5.41) is 14.9. The zero-order chi connectivity index (χ0) is 14.1. The van der Waals surface area contributed by atoms with Gasteiger partial charge >= 0.3 is 0 Å². The normalized spacial score (nSPS) is 29.1. The van der Waals surface area contributed by atoms with E-state index in [0.29, 0.717) is 23.7 Å². The largest absolute Gasteiger partial charge is 0.409 e. The maximum Gasteiger partial charge on any atom is 0.170 e. The van der Waals surface area contributed by atoms with Crippen LogP contribution in [0, 0.1) is 17.7 Å². The molecule has 0 amide bonds. The minimum Gasteiger partial charge on any atom is -0.409 e. The van der Waals surface area contributed by atoms with Gasteiger partial charge in [-0.2, -0.15) is 0 Å². The molecule has 0 aromatic heterocycles. The minimum absolute atomic E-state index is 0.0727. The number of nitrogens with one attached hydrogen (secondary N) is 1. The average Bonchev–Trinajstić information content (AvgIpc) is 3.07. The molecule has 0 aliphatic heterocycles. The molecule has 20 heavy (non-hydrogen) atoms. The zero-order valence-electron chi connectivity index (χ0n) is 11.3. The molecular weight excluding hydrogens is 257 g/mol. The van der Waals surface area contributed by atoms with Crippen LogP contribution in [0.15, 0.2) is 23.4 Å². The first-order chi connectivity index (χ1) is 9.67. The van der Waals surface area contributed by atoms with Gasteiger partial charge in [-0.25, -0.2) is 4.39 Å². The van der Waals surface area contributed by atoms with E-state index in [1.54, 1.807) is 12.1 Å². The number of benzene rings is 1. The van der Waals surface area contributed by atoms with E-state index < -0.39 is 0 Å². The first-order valence-corrected chi connectivity index (χ1v) is 7.17. The lowest BCUT2D eigenvalue weighted by Gasteiger charge is -2.23. The predicted molar refractivity (Wildman–Crippen MR) is 75.0 cm³/mol. The zero-order valence-corrected chi connectivity index (χ0v) is 11.3. The second kappa shape index (κ2) is 5.40. The standard InChI is InChI=1S/C15H20FN3O/c16-13-7-11(15(17)19-20)3-4-12(13)8-18-14-6-9-1-2-10(14)5-9/h3-4,7,9-10,14,18,20H,1-2,5-6,8H2,(H2,17,19). The molecule has 3 atom stereocenters. The monoisotopic (exact) mass is 277 g/mol. The lowest BCUT2D eigenvalue weighted by Crippen LogP contribution is -2.33. The number of halogens is 1. The molecule has 1 aromatic carbocycles. The molecule has 0 radical (unpaired) electrons. The van der Waals surface area contributed by atoms with Gasteiger partial charge < -0.3 is 16.3 Å². The fraction of sp³-hybridized carbons (Fsp3) is 0.533.